The Hall–Kier alpha value is -1.94. The van der Waals surface area contributed by atoms with Crippen LogP contribution in [0.3, 0.4) is 0 Å². The van der Waals surface area contributed by atoms with E-state index in [4.69, 9.17) is 20.8 Å². The first kappa shape index (κ1) is 12.5. The molecule has 0 saturated heterocycles. The molecule has 0 saturated carbocycles. The van der Waals surface area contributed by atoms with Gasteiger partial charge in [0.1, 0.15) is 11.5 Å². The van der Waals surface area contributed by atoms with Crippen LogP contribution in [0.15, 0.2) is 34.7 Å². The molecule has 94 valence electrons. The summed E-state index contributed by atoms with van der Waals surface area (Å²) in [6.07, 6.45) is 0. The third-order valence-electron chi connectivity index (χ3n) is 2.43. The number of esters is 1. The maximum Gasteiger partial charge on any atom is 0.373 e. The van der Waals surface area contributed by atoms with Gasteiger partial charge >= 0.3 is 5.97 Å². The lowest BCUT2D eigenvalue weighted by molar-refractivity contribution is 0.0566. The van der Waals surface area contributed by atoms with Crippen LogP contribution in [0.4, 0.5) is 0 Å². The average Bonchev–Trinajstić information content (AvgIpc) is 2.87. The molecule has 2 aromatic rings. The third kappa shape index (κ3) is 2.33. The topological polar surface area (TPSA) is 48.7 Å². The van der Waals surface area contributed by atoms with Gasteiger partial charge in [0, 0.05) is 5.56 Å². The van der Waals surface area contributed by atoms with Crippen molar-refractivity contribution in [1.82, 2.24) is 0 Å². The predicted octanol–water partition coefficient (Wildman–Crippen LogP) is 3.40. The van der Waals surface area contributed by atoms with Crippen molar-refractivity contribution >= 4 is 17.6 Å². The number of carbonyl (C=O) groups excluding carboxylic acids is 1. The molecule has 4 nitrogen and oxygen atoms in total. The molecule has 0 aliphatic carbocycles. The zero-order valence-electron chi connectivity index (χ0n) is 9.90. The SMILES string of the molecule is COC(=O)c1ccc(-c2ccc(OC)c(Cl)c2)o1. The van der Waals surface area contributed by atoms with Crippen molar-refractivity contribution in [3.63, 3.8) is 0 Å². The molecule has 0 bridgehead atoms. The summed E-state index contributed by atoms with van der Waals surface area (Å²) < 4.78 is 15.0. The van der Waals surface area contributed by atoms with Gasteiger partial charge in [-0.05, 0) is 30.3 Å². The summed E-state index contributed by atoms with van der Waals surface area (Å²) in [6.45, 7) is 0. The van der Waals surface area contributed by atoms with E-state index in [2.05, 4.69) is 4.74 Å². The van der Waals surface area contributed by atoms with E-state index in [1.807, 2.05) is 0 Å². The lowest BCUT2D eigenvalue weighted by Gasteiger charge is -2.04. The molecular formula is C13H11ClO4. The third-order valence-corrected chi connectivity index (χ3v) is 2.72. The van der Waals surface area contributed by atoms with Crippen LogP contribution >= 0.6 is 11.6 Å². The van der Waals surface area contributed by atoms with E-state index in [9.17, 15) is 4.79 Å². The number of halogens is 1. The minimum Gasteiger partial charge on any atom is -0.495 e. The molecule has 0 amide bonds. The van der Waals surface area contributed by atoms with Gasteiger partial charge in [-0.25, -0.2) is 4.79 Å². The number of carbonyl (C=O) groups is 1. The fraction of sp³-hybridized carbons (Fsp3) is 0.154. The Morgan fingerprint density at radius 1 is 1.22 bits per heavy atom. The van der Waals surface area contributed by atoms with Crippen LogP contribution in [0.25, 0.3) is 11.3 Å². The maximum atomic E-state index is 11.3. The molecule has 0 unspecified atom stereocenters. The first-order valence-electron chi connectivity index (χ1n) is 5.17. The van der Waals surface area contributed by atoms with E-state index >= 15 is 0 Å². The van der Waals surface area contributed by atoms with E-state index in [-0.39, 0.29) is 5.76 Å². The zero-order valence-corrected chi connectivity index (χ0v) is 10.7. The number of furan rings is 1. The van der Waals surface area contributed by atoms with Crippen molar-refractivity contribution in [3.05, 3.63) is 41.1 Å². The Kier molecular flexibility index (Phi) is 3.58. The number of hydrogen-bond donors (Lipinski definition) is 0. The fourth-order valence-electron chi connectivity index (χ4n) is 1.52. The highest BCUT2D eigenvalue weighted by molar-refractivity contribution is 6.32. The second-order valence-electron chi connectivity index (χ2n) is 3.50. The second-order valence-corrected chi connectivity index (χ2v) is 3.91. The van der Waals surface area contributed by atoms with Gasteiger partial charge in [-0.1, -0.05) is 11.6 Å². The second kappa shape index (κ2) is 5.14. The monoisotopic (exact) mass is 266 g/mol. The molecule has 1 aromatic carbocycles. The Labute approximate surface area is 109 Å². The number of benzene rings is 1. The van der Waals surface area contributed by atoms with Gasteiger partial charge in [-0.2, -0.15) is 0 Å². The average molecular weight is 267 g/mol. The molecule has 5 heteroatoms. The molecule has 18 heavy (non-hydrogen) atoms. The number of rotatable bonds is 3. The van der Waals surface area contributed by atoms with E-state index in [1.165, 1.54) is 7.11 Å². The smallest absolute Gasteiger partial charge is 0.373 e. The Balaban J connectivity index is 2.34. The summed E-state index contributed by atoms with van der Waals surface area (Å²) in [6, 6.07) is 8.48. The van der Waals surface area contributed by atoms with Crippen LogP contribution in [-0.2, 0) is 4.74 Å². The van der Waals surface area contributed by atoms with Crippen LogP contribution in [0.5, 0.6) is 5.75 Å². The molecule has 0 N–H and O–H groups in total. The van der Waals surface area contributed by atoms with Crippen molar-refractivity contribution in [3.8, 4) is 17.1 Å². The molecule has 0 aliphatic rings. The van der Waals surface area contributed by atoms with Gasteiger partial charge in [-0.15, -0.1) is 0 Å². The van der Waals surface area contributed by atoms with E-state index in [1.54, 1.807) is 37.4 Å². The molecule has 0 radical (unpaired) electrons. The van der Waals surface area contributed by atoms with Gasteiger partial charge in [0.2, 0.25) is 5.76 Å². The normalized spacial score (nSPS) is 10.2. The van der Waals surface area contributed by atoms with E-state index in [0.717, 1.165) is 5.56 Å². The highest BCUT2D eigenvalue weighted by Gasteiger charge is 2.13. The van der Waals surface area contributed by atoms with Crippen LogP contribution in [0.2, 0.25) is 5.02 Å². The Morgan fingerprint density at radius 2 is 2.00 bits per heavy atom. The molecule has 0 atom stereocenters. The first-order chi connectivity index (χ1) is 8.65. The van der Waals surface area contributed by atoms with Crippen LogP contribution < -0.4 is 4.74 Å². The summed E-state index contributed by atoms with van der Waals surface area (Å²) in [5.41, 5.74) is 0.760. The lowest BCUT2D eigenvalue weighted by Crippen LogP contribution is -1.98. The van der Waals surface area contributed by atoms with Crippen molar-refractivity contribution in [2.45, 2.75) is 0 Å². The molecule has 2 rings (SSSR count). The van der Waals surface area contributed by atoms with Crippen LogP contribution in [0.1, 0.15) is 10.6 Å². The highest BCUT2D eigenvalue weighted by atomic mass is 35.5. The molecule has 1 aromatic heterocycles. The van der Waals surface area contributed by atoms with Gasteiger partial charge in [0.25, 0.3) is 0 Å². The van der Waals surface area contributed by atoms with Crippen molar-refractivity contribution < 1.29 is 18.7 Å². The van der Waals surface area contributed by atoms with E-state index in [0.29, 0.717) is 16.5 Å². The van der Waals surface area contributed by atoms with Crippen molar-refractivity contribution in [2.75, 3.05) is 14.2 Å². The lowest BCUT2D eigenvalue weighted by atomic mass is 10.2. The predicted molar refractivity (Wildman–Crippen MR) is 67.0 cm³/mol. The number of methoxy groups -OCH3 is 2. The molecule has 0 aliphatic heterocycles. The molecular weight excluding hydrogens is 256 g/mol. The van der Waals surface area contributed by atoms with Gasteiger partial charge in [0.15, 0.2) is 0 Å². The first-order valence-corrected chi connectivity index (χ1v) is 5.55. The summed E-state index contributed by atoms with van der Waals surface area (Å²) in [7, 11) is 2.85. The number of ether oxygens (including phenoxy) is 2. The van der Waals surface area contributed by atoms with Crippen molar-refractivity contribution in [2.24, 2.45) is 0 Å². The van der Waals surface area contributed by atoms with E-state index < -0.39 is 5.97 Å². The molecule has 1 heterocycles. The van der Waals surface area contributed by atoms with Gasteiger partial charge in [-0.3, -0.25) is 0 Å². The fourth-order valence-corrected chi connectivity index (χ4v) is 1.78. The molecule has 0 fully saturated rings. The van der Waals surface area contributed by atoms with Gasteiger partial charge in [0.05, 0.1) is 19.2 Å². The van der Waals surface area contributed by atoms with Crippen LogP contribution in [-0.4, -0.2) is 20.2 Å². The van der Waals surface area contributed by atoms with Crippen molar-refractivity contribution in [1.29, 1.82) is 0 Å². The minimum absolute atomic E-state index is 0.152. The zero-order chi connectivity index (χ0) is 13.1. The minimum atomic E-state index is -0.513. The largest absolute Gasteiger partial charge is 0.495 e. The summed E-state index contributed by atoms with van der Waals surface area (Å²) in [5.74, 6) is 0.764. The number of hydrogen-bond acceptors (Lipinski definition) is 4. The summed E-state index contributed by atoms with van der Waals surface area (Å²) in [4.78, 5) is 11.3. The van der Waals surface area contributed by atoms with Crippen LogP contribution in [0, 0.1) is 0 Å². The standard InChI is InChI=1S/C13H11ClO4/c1-16-11-4-3-8(7-9(11)14)10-5-6-12(18-10)13(15)17-2/h3-7H,1-2H3. The Morgan fingerprint density at radius 3 is 2.61 bits per heavy atom. The molecule has 0 spiro atoms. The Bertz CT molecular complexity index is 574. The maximum absolute atomic E-state index is 11.3. The highest BCUT2D eigenvalue weighted by Crippen LogP contribution is 2.31. The summed E-state index contributed by atoms with van der Waals surface area (Å²) >= 11 is 6.02. The summed E-state index contributed by atoms with van der Waals surface area (Å²) in [5, 5.41) is 0.478. The van der Waals surface area contributed by atoms with Gasteiger partial charge < -0.3 is 13.9 Å². The quantitative estimate of drug-likeness (QED) is 0.799.